The molecule has 2 N–H and O–H groups in total. The molecule has 2 aliphatic rings. The van der Waals surface area contributed by atoms with Gasteiger partial charge in [-0.15, -0.1) is 0 Å². The van der Waals surface area contributed by atoms with Crippen molar-refractivity contribution in [1.29, 1.82) is 0 Å². The van der Waals surface area contributed by atoms with E-state index in [1.165, 1.54) is 0 Å². The molecule has 7 heteroatoms. The minimum absolute atomic E-state index is 0.157. The Labute approximate surface area is 147 Å². The SMILES string of the molecule is CCCNCCNC(=O)C1CCN(c2ccc3c(c2)OCCO3)C1=O. The van der Waals surface area contributed by atoms with Crippen LogP contribution in [-0.4, -0.2) is 51.2 Å². The molecule has 0 aromatic heterocycles. The average Bonchev–Trinajstić information content (AvgIpc) is 3.02. The van der Waals surface area contributed by atoms with E-state index in [2.05, 4.69) is 17.6 Å². The molecule has 2 heterocycles. The Bertz CT molecular complexity index is 635. The summed E-state index contributed by atoms with van der Waals surface area (Å²) in [6, 6.07) is 5.45. The first-order valence-electron chi connectivity index (χ1n) is 8.90. The van der Waals surface area contributed by atoms with Crippen LogP contribution in [0.3, 0.4) is 0 Å². The lowest BCUT2D eigenvalue weighted by Gasteiger charge is -2.22. The van der Waals surface area contributed by atoms with Crippen molar-refractivity contribution in [3.8, 4) is 11.5 Å². The predicted molar refractivity (Wildman–Crippen MR) is 94.1 cm³/mol. The second-order valence-electron chi connectivity index (χ2n) is 6.20. The summed E-state index contributed by atoms with van der Waals surface area (Å²) in [6.45, 7) is 5.83. The van der Waals surface area contributed by atoms with Crippen molar-refractivity contribution in [3.05, 3.63) is 18.2 Å². The number of carbonyl (C=O) groups excluding carboxylic acids is 2. The van der Waals surface area contributed by atoms with E-state index in [9.17, 15) is 9.59 Å². The summed E-state index contributed by atoms with van der Waals surface area (Å²) in [5, 5.41) is 6.06. The van der Waals surface area contributed by atoms with Crippen molar-refractivity contribution in [1.82, 2.24) is 10.6 Å². The maximum atomic E-state index is 12.6. The van der Waals surface area contributed by atoms with Crippen LogP contribution in [0.2, 0.25) is 0 Å². The number of fused-ring (bicyclic) bond motifs is 1. The number of carbonyl (C=O) groups is 2. The fourth-order valence-corrected chi connectivity index (χ4v) is 3.08. The largest absolute Gasteiger partial charge is 0.486 e. The maximum Gasteiger partial charge on any atom is 0.239 e. The molecule has 1 fully saturated rings. The number of benzene rings is 1. The van der Waals surface area contributed by atoms with Crippen molar-refractivity contribution >= 4 is 17.5 Å². The summed E-state index contributed by atoms with van der Waals surface area (Å²) >= 11 is 0. The third-order valence-corrected chi connectivity index (χ3v) is 4.39. The molecule has 1 unspecified atom stereocenters. The normalized spacial score (nSPS) is 19.2. The molecule has 1 aromatic rings. The number of anilines is 1. The summed E-state index contributed by atoms with van der Waals surface area (Å²) < 4.78 is 11.1. The summed E-state index contributed by atoms with van der Waals surface area (Å²) in [6.07, 6.45) is 1.58. The number of ether oxygens (including phenoxy) is 2. The van der Waals surface area contributed by atoms with E-state index in [0.717, 1.165) is 18.7 Å². The highest BCUT2D eigenvalue weighted by Gasteiger charge is 2.37. The predicted octanol–water partition coefficient (Wildman–Crippen LogP) is 0.926. The van der Waals surface area contributed by atoms with Gasteiger partial charge in [-0.25, -0.2) is 0 Å². The summed E-state index contributed by atoms with van der Waals surface area (Å²) in [7, 11) is 0. The first-order valence-corrected chi connectivity index (χ1v) is 8.90. The van der Waals surface area contributed by atoms with Gasteiger partial charge in [0.15, 0.2) is 11.5 Å². The molecular weight excluding hydrogens is 322 g/mol. The van der Waals surface area contributed by atoms with Gasteiger partial charge in [0.1, 0.15) is 19.1 Å². The van der Waals surface area contributed by atoms with Crippen LogP contribution in [0.15, 0.2) is 18.2 Å². The third-order valence-electron chi connectivity index (χ3n) is 4.39. The van der Waals surface area contributed by atoms with Crippen LogP contribution in [0, 0.1) is 5.92 Å². The summed E-state index contributed by atoms with van der Waals surface area (Å²) in [5.41, 5.74) is 0.745. The number of hydrogen-bond acceptors (Lipinski definition) is 5. The smallest absolute Gasteiger partial charge is 0.239 e. The van der Waals surface area contributed by atoms with Crippen LogP contribution in [0.1, 0.15) is 19.8 Å². The summed E-state index contributed by atoms with van der Waals surface area (Å²) in [5.74, 6) is 0.375. The lowest BCUT2D eigenvalue weighted by atomic mass is 10.1. The van der Waals surface area contributed by atoms with Crippen LogP contribution in [0.4, 0.5) is 5.69 Å². The van der Waals surface area contributed by atoms with Crippen molar-refractivity contribution in [2.75, 3.05) is 44.3 Å². The zero-order chi connectivity index (χ0) is 17.6. The Hall–Kier alpha value is -2.28. The Morgan fingerprint density at radius 2 is 2.00 bits per heavy atom. The standard InChI is InChI=1S/C18H25N3O4/c1-2-6-19-7-8-20-17(22)14-5-9-21(18(14)23)13-3-4-15-16(12-13)25-11-10-24-15/h3-4,12,14,19H,2,5-11H2,1H3,(H,20,22). The van der Waals surface area contributed by atoms with E-state index in [-0.39, 0.29) is 11.8 Å². The molecule has 3 rings (SSSR count). The Morgan fingerprint density at radius 3 is 2.80 bits per heavy atom. The molecule has 136 valence electrons. The van der Waals surface area contributed by atoms with Crippen molar-refractivity contribution in [3.63, 3.8) is 0 Å². The van der Waals surface area contributed by atoms with Gasteiger partial charge in [0.25, 0.3) is 0 Å². The van der Waals surface area contributed by atoms with Crippen molar-refractivity contribution in [2.24, 2.45) is 5.92 Å². The van der Waals surface area contributed by atoms with Gasteiger partial charge in [-0.3, -0.25) is 9.59 Å². The number of rotatable bonds is 7. The number of hydrogen-bond donors (Lipinski definition) is 2. The van der Waals surface area contributed by atoms with Crippen LogP contribution < -0.4 is 25.0 Å². The highest BCUT2D eigenvalue weighted by Crippen LogP contribution is 2.35. The molecule has 25 heavy (non-hydrogen) atoms. The van der Waals surface area contributed by atoms with Gasteiger partial charge in [0.05, 0.1) is 0 Å². The molecule has 7 nitrogen and oxygen atoms in total. The molecule has 2 amide bonds. The molecule has 0 saturated carbocycles. The Morgan fingerprint density at radius 1 is 1.20 bits per heavy atom. The van der Waals surface area contributed by atoms with Gasteiger partial charge in [-0.05, 0) is 31.5 Å². The van der Waals surface area contributed by atoms with Crippen LogP contribution in [-0.2, 0) is 9.59 Å². The van der Waals surface area contributed by atoms with E-state index in [4.69, 9.17) is 9.47 Å². The molecule has 1 atom stereocenters. The maximum absolute atomic E-state index is 12.6. The van der Waals surface area contributed by atoms with E-state index < -0.39 is 5.92 Å². The van der Waals surface area contributed by atoms with E-state index >= 15 is 0 Å². The van der Waals surface area contributed by atoms with Gasteiger partial charge >= 0.3 is 0 Å². The molecule has 0 aliphatic carbocycles. The highest BCUT2D eigenvalue weighted by molar-refractivity contribution is 6.09. The Balaban J connectivity index is 1.57. The summed E-state index contributed by atoms with van der Waals surface area (Å²) in [4.78, 5) is 26.5. The fraction of sp³-hybridized carbons (Fsp3) is 0.556. The zero-order valence-corrected chi connectivity index (χ0v) is 14.5. The minimum Gasteiger partial charge on any atom is -0.486 e. The second kappa shape index (κ2) is 8.20. The number of nitrogens with zero attached hydrogens (tertiary/aromatic N) is 1. The average molecular weight is 347 g/mol. The first kappa shape index (κ1) is 17.5. The van der Waals surface area contributed by atoms with Crippen molar-refractivity contribution in [2.45, 2.75) is 19.8 Å². The van der Waals surface area contributed by atoms with Gasteiger partial charge in [-0.2, -0.15) is 0 Å². The molecule has 1 aromatic carbocycles. The lowest BCUT2D eigenvalue weighted by molar-refractivity contribution is -0.132. The molecule has 1 saturated heterocycles. The van der Waals surface area contributed by atoms with Crippen LogP contribution >= 0.6 is 0 Å². The van der Waals surface area contributed by atoms with E-state index in [1.807, 2.05) is 12.1 Å². The number of amides is 2. The van der Waals surface area contributed by atoms with Crippen LogP contribution in [0.25, 0.3) is 0 Å². The molecular formula is C18H25N3O4. The van der Waals surface area contributed by atoms with Crippen LogP contribution in [0.5, 0.6) is 11.5 Å². The quantitative estimate of drug-likeness (QED) is 0.567. The topological polar surface area (TPSA) is 79.9 Å². The second-order valence-corrected chi connectivity index (χ2v) is 6.20. The lowest BCUT2D eigenvalue weighted by Crippen LogP contribution is -2.39. The fourth-order valence-electron chi connectivity index (χ4n) is 3.08. The molecule has 0 radical (unpaired) electrons. The minimum atomic E-state index is -0.612. The van der Waals surface area contributed by atoms with E-state index in [0.29, 0.717) is 50.8 Å². The van der Waals surface area contributed by atoms with E-state index in [1.54, 1.807) is 11.0 Å². The highest BCUT2D eigenvalue weighted by atomic mass is 16.6. The number of nitrogens with one attached hydrogen (secondary N) is 2. The molecule has 0 bridgehead atoms. The monoisotopic (exact) mass is 347 g/mol. The zero-order valence-electron chi connectivity index (χ0n) is 14.5. The van der Waals surface area contributed by atoms with Gasteiger partial charge in [0, 0.05) is 31.4 Å². The molecule has 2 aliphatic heterocycles. The first-order chi connectivity index (χ1) is 12.2. The van der Waals surface area contributed by atoms with Gasteiger partial charge in [0.2, 0.25) is 11.8 Å². The van der Waals surface area contributed by atoms with Gasteiger partial charge in [-0.1, -0.05) is 6.92 Å². The Kier molecular flexibility index (Phi) is 5.75. The van der Waals surface area contributed by atoms with Gasteiger partial charge < -0.3 is 25.0 Å². The third kappa shape index (κ3) is 4.04. The van der Waals surface area contributed by atoms with Crippen molar-refractivity contribution < 1.29 is 19.1 Å². The molecule has 0 spiro atoms.